The fourth-order valence-corrected chi connectivity index (χ4v) is 2.79. The predicted molar refractivity (Wildman–Crippen MR) is 84.0 cm³/mol. The van der Waals surface area contributed by atoms with Crippen molar-refractivity contribution in [3.8, 4) is 0 Å². The van der Waals surface area contributed by atoms with Gasteiger partial charge < -0.3 is 5.32 Å². The Labute approximate surface area is 130 Å². The molecule has 0 saturated carbocycles. The van der Waals surface area contributed by atoms with E-state index in [1.165, 1.54) is 11.3 Å². The highest BCUT2D eigenvalue weighted by Crippen LogP contribution is 2.21. The molecule has 0 aliphatic rings. The van der Waals surface area contributed by atoms with Crippen molar-refractivity contribution < 1.29 is 4.79 Å². The van der Waals surface area contributed by atoms with Gasteiger partial charge in [-0.1, -0.05) is 6.92 Å². The van der Waals surface area contributed by atoms with Gasteiger partial charge in [0.05, 0.1) is 22.6 Å². The Kier molecular flexibility index (Phi) is 4.59. The van der Waals surface area contributed by atoms with Crippen molar-refractivity contribution in [1.82, 2.24) is 14.8 Å². The Hall–Kier alpha value is -1.21. The van der Waals surface area contributed by atoms with Gasteiger partial charge in [-0.3, -0.25) is 9.48 Å². The van der Waals surface area contributed by atoms with Gasteiger partial charge in [-0.05, 0) is 36.7 Å². The molecule has 0 spiro atoms. The zero-order chi connectivity index (χ0) is 14.9. The quantitative estimate of drug-likeness (QED) is 0.913. The maximum Gasteiger partial charge on any atom is 0.230 e. The van der Waals surface area contributed by atoms with Gasteiger partial charge in [0.25, 0.3) is 0 Å². The summed E-state index contributed by atoms with van der Waals surface area (Å²) in [6.45, 7) is 8.33. The first-order valence-corrected chi connectivity index (χ1v) is 7.92. The molecule has 1 N–H and O–H groups in total. The lowest BCUT2D eigenvalue weighted by molar-refractivity contribution is -0.119. The highest BCUT2D eigenvalue weighted by molar-refractivity contribution is 9.10. The highest BCUT2D eigenvalue weighted by atomic mass is 79.9. The number of halogens is 1. The molecule has 108 valence electrons. The molecule has 0 saturated heterocycles. The lowest BCUT2D eigenvalue weighted by Gasteiger charge is -2.12. The van der Waals surface area contributed by atoms with Crippen LogP contribution in [0, 0.1) is 26.7 Å². The number of aryl methyl sites for hydroxylation is 2. The van der Waals surface area contributed by atoms with Gasteiger partial charge in [0, 0.05) is 16.8 Å². The summed E-state index contributed by atoms with van der Waals surface area (Å²) in [5, 5.41) is 7.91. The first-order chi connectivity index (χ1) is 9.38. The van der Waals surface area contributed by atoms with Crippen LogP contribution in [0.25, 0.3) is 0 Å². The van der Waals surface area contributed by atoms with Gasteiger partial charge in [-0.15, -0.1) is 11.3 Å². The van der Waals surface area contributed by atoms with Crippen LogP contribution in [0.1, 0.15) is 23.2 Å². The molecule has 2 aromatic rings. The molecule has 0 fully saturated rings. The molecule has 7 heteroatoms. The fourth-order valence-electron chi connectivity index (χ4n) is 1.84. The van der Waals surface area contributed by atoms with E-state index in [-0.39, 0.29) is 11.8 Å². The molecule has 2 heterocycles. The van der Waals surface area contributed by atoms with Crippen molar-refractivity contribution in [3.63, 3.8) is 0 Å². The van der Waals surface area contributed by atoms with E-state index in [9.17, 15) is 4.79 Å². The number of hydrogen-bond donors (Lipinski definition) is 1. The standard InChI is InChI=1S/C13H17BrN4OS/c1-7(6-18-10(4)11(14)9(3)17-18)12(19)16-13-15-5-8(2)20-13/h5,7H,6H2,1-4H3,(H,15,16,19)/t7-/m0/s1. The summed E-state index contributed by atoms with van der Waals surface area (Å²) in [5.74, 6) is -0.216. The Morgan fingerprint density at radius 3 is 2.70 bits per heavy atom. The van der Waals surface area contributed by atoms with E-state index in [0.29, 0.717) is 11.7 Å². The van der Waals surface area contributed by atoms with E-state index in [1.54, 1.807) is 6.20 Å². The molecule has 0 aliphatic carbocycles. The summed E-state index contributed by atoms with van der Waals surface area (Å²) in [7, 11) is 0. The molecule has 20 heavy (non-hydrogen) atoms. The van der Waals surface area contributed by atoms with Crippen molar-refractivity contribution in [3.05, 3.63) is 26.9 Å². The molecule has 2 aromatic heterocycles. The first kappa shape index (κ1) is 15.2. The number of aromatic nitrogens is 3. The average molecular weight is 357 g/mol. The van der Waals surface area contributed by atoms with Crippen LogP contribution in [0.3, 0.4) is 0 Å². The molecule has 0 radical (unpaired) electrons. The average Bonchev–Trinajstić information content (AvgIpc) is 2.89. The second-order valence-electron chi connectivity index (χ2n) is 4.83. The zero-order valence-corrected chi connectivity index (χ0v) is 14.3. The third kappa shape index (κ3) is 3.27. The minimum atomic E-state index is -0.177. The number of thiazole rings is 1. The van der Waals surface area contributed by atoms with Crippen LogP contribution < -0.4 is 5.32 Å². The molecule has 2 rings (SSSR count). The topological polar surface area (TPSA) is 59.8 Å². The lowest BCUT2D eigenvalue weighted by atomic mass is 10.1. The number of hydrogen-bond acceptors (Lipinski definition) is 4. The highest BCUT2D eigenvalue weighted by Gasteiger charge is 2.18. The number of amides is 1. The number of carbonyl (C=O) groups excluding carboxylic acids is 1. The summed E-state index contributed by atoms with van der Waals surface area (Å²) in [6, 6.07) is 0. The Bertz CT molecular complexity index is 634. The van der Waals surface area contributed by atoms with Crippen LogP contribution in [0.5, 0.6) is 0 Å². The monoisotopic (exact) mass is 356 g/mol. The molecule has 1 amide bonds. The number of anilines is 1. The fraction of sp³-hybridized carbons (Fsp3) is 0.462. The van der Waals surface area contributed by atoms with Crippen LogP contribution in [-0.2, 0) is 11.3 Å². The first-order valence-electron chi connectivity index (χ1n) is 6.31. The minimum absolute atomic E-state index is 0.0389. The Morgan fingerprint density at radius 1 is 1.50 bits per heavy atom. The van der Waals surface area contributed by atoms with Crippen molar-refractivity contribution in [2.75, 3.05) is 5.32 Å². The van der Waals surface area contributed by atoms with E-state index >= 15 is 0 Å². The van der Waals surface area contributed by atoms with Crippen LogP contribution in [0.4, 0.5) is 5.13 Å². The molecule has 5 nitrogen and oxygen atoms in total. The van der Waals surface area contributed by atoms with E-state index in [0.717, 1.165) is 20.7 Å². The molecule has 1 atom stereocenters. The van der Waals surface area contributed by atoms with Crippen LogP contribution >= 0.6 is 27.3 Å². The molecule has 0 unspecified atom stereocenters. The van der Waals surface area contributed by atoms with Gasteiger partial charge in [0.1, 0.15) is 0 Å². The normalized spacial score (nSPS) is 12.4. The molecular weight excluding hydrogens is 340 g/mol. The third-order valence-electron chi connectivity index (χ3n) is 3.04. The summed E-state index contributed by atoms with van der Waals surface area (Å²) in [5.41, 5.74) is 1.97. The van der Waals surface area contributed by atoms with Gasteiger partial charge in [-0.25, -0.2) is 4.98 Å². The van der Waals surface area contributed by atoms with E-state index < -0.39 is 0 Å². The smallest absolute Gasteiger partial charge is 0.230 e. The van der Waals surface area contributed by atoms with Crippen molar-refractivity contribution >= 4 is 38.3 Å². The largest absolute Gasteiger partial charge is 0.302 e. The SMILES string of the molecule is Cc1cnc(NC(=O)[C@@H](C)Cn2nc(C)c(Br)c2C)s1. The van der Waals surface area contributed by atoms with Crippen molar-refractivity contribution in [2.45, 2.75) is 34.2 Å². The summed E-state index contributed by atoms with van der Waals surface area (Å²) < 4.78 is 2.86. The van der Waals surface area contributed by atoms with Crippen LogP contribution in [-0.4, -0.2) is 20.7 Å². The number of carbonyl (C=O) groups is 1. The molecule has 0 bridgehead atoms. The second-order valence-corrected chi connectivity index (χ2v) is 6.86. The molecule has 0 aromatic carbocycles. The van der Waals surface area contributed by atoms with Crippen LogP contribution in [0.2, 0.25) is 0 Å². The van der Waals surface area contributed by atoms with Gasteiger partial charge >= 0.3 is 0 Å². The Balaban J connectivity index is 2.02. The molecular formula is C13H17BrN4OS. The van der Waals surface area contributed by atoms with E-state index in [1.807, 2.05) is 32.4 Å². The van der Waals surface area contributed by atoms with E-state index in [4.69, 9.17) is 0 Å². The van der Waals surface area contributed by atoms with Crippen molar-refractivity contribution in [2.24, 2.45) is 5.92 Å². The maximum absolute atomic E-state index is 12.1. The third-order valence-corrected chi connectivity index (χ3v) is 5.01. The summed E-state index contributed by atoms with van der Waals surface area (Å²) in [6.07, 6.45) is 1.75. The summed E-state index contributed by atoms with van der Waals surface area (Å²) in [4.78, 5) is 17.3. The van der Waals surface area contributed by atoms with Gasteiger partial charge in [0.2, 0.25) is 5.91 Å². The lowest BCUT2D eigenvalue weighted by Crippen LogP contribution is -2.25. The van der Waals surface area contributed by atoms with Crippen LogP contribution in [0.15, 0.2) is 10.7 Å². The van der Waals surface area contributed by atoms with E-state index in [2.05, 4.69) is 31.3 Å². The number of rotatable bonds is 4. The zero-order valence-electron chi connectivity index (χ0n) is 11.9. The second kappa shape index (κ2) is 6.05. The number of nitrogens with one attached hydrogen (secondary N) is 1. The predicted octanol–water partition coefficient (Wildman–Crippen LogP) is 3.30. The van der Waals surface area contributed by atoms with Crippen molar-refractivity contribution in [1.29, 1.82) is 0 Å². The minimum Gasteiger partial charge on any atom is -0.302 e. The Morgan fingerprint density at radius 2 is 2.20 bits per heavy atom. The van der Waals surface area contributed by atoms with Gasteiger partial charge in [-0.2, -0.15) is 5.10 Å². The molecule has 0 aliphatic heterocycles. The number of nitrogens with zero attached hydrogens (tertiary/aromatic N) is 3. The van der Waals surface area contributed by atoms with Gasteiger partial charge in [0.15, 0.2) is 5.13 Å². The maximum atomic E-state index is 12.1. The summed E-state index contributed by atoms with van der Waals surface area (Å²) >= 11 is 4.97.